The molecule has 1 aliphatic rings. The minimum atomic E-state index is -0.917. The molecule has 0 spiro atoms. The van der Waals surface area contributed by atoms with E-state index in [0.29, 0.717) is 23.2 Å². The van der Waals surface area contributed by atoms with Crippen molar-refractivity contribution in [3.8, 4) is 34.7 Å². The summed E-state index contributed by atoms with van der Waals surface area (Å²) < 4.78 is 16.7. The summed E-state index contributed by atoms with van der Waals surface area (Å²) in [6.07, 6.45) is 4.38. The molecular formula is C26H26N2O5. The quantitative estimate of drug-likeness (QED) is 0.511. The number of carboxylic acids is 1. The van der Waals surface area contributed by atoms with Crippen LogP contribution in [0, 0.1) is 18.8 Å². The summed E-state index contributed by atoms with van der Waals surface area (Å²) in [6, 6.07) is 13.0. The monoisotopic (exact) mass is 446 g/mol. The highest BCUT2D eigenvalue weighted by Crippen LogP contribution is 2.35. The highest BCUT2D eigenvalue weighted by Gasteiger charge is 2.21. The Morgan fingerprint density at radius 1 is 1.21 bits per heavy atom. The molecule has 1 atom stereocenters. The summed E-state index contributed by atoms with van der Waals surface area (Å²) in [4.78, 5) is 15.8. The van der Waals surface area contributed by atoms with Crippen molar-refractivity contribution >= 4 is 5.97 Å². The Morgan fingerprint density at radius 3 is 2.73 bits per heavy atom. The number of methoxy groups -OCH3 is 1. The maximum absolute atomic E-state index is 11.6. The SMILES string of the molecule is COc1ccc([C@@H](C#Cc2cccc(-c3noc(C)n3)c2)CC(=O)O)cc1OC1CCCC1. The number of ether oxygens (including phenoxy) is 2. The van der Waals surface area contributed by atoms with Gasteiger partial charge in [0.1, 0.15) is 0 Å². The van der Waals surface area contributed by atoms with Crippen molar-refractivity contribution < 1.29 is 23.9 Å². The van der Waals surface area contributed by atoms with Crippen LogP contribution in [-0.2, 0) is 4.79 Å². The van der Waals surface area contributed by atoms with Crippen LogP contribution in [0.3, 0.4) is 0 Å². The summed E-state index contributed by atoms with van der Waals surface area (Å²) in [5.74, 6) is 7.07. The van der Waals surface area contributed by atoms with Gasteiger partial charge in [-0.25, -0.2) is 0 Å². The van der Waals surface area contributed by atoms with E-state index in [0.717, 1.165) is 42.4 Å². The second kappa shape index (κ2) is 10.2. The number of hydrogen-bond acceptors (Lipinski definition) is 6. The van der Waals surface area contributed by atoms with Crippen LogP contribution in [0.5, 0.6) is 11.5 Å². The predicted molar refractivity (Wildman–Crippen MR) is 122 cm³/mol. The maximum atomic E-state index is 11.6. The number of benzene rings is 2. The van der Waals surface area contributed by atoms with Gasteiger partial charge in [-0.2, -0.15) is 4.98 Å². The molecule has 0 unspecified atom stereocenters. The summed E-state index contributed by atoms with van der Waals surface area (Å²) in [6.45, 7) is 1.73. The van der Waals surface area contributed by atoms with Gasteiger partial charge in [-0.05, 0) is 55.5 Å². The average molecular weight is 447 g/mol. The lowest BCUT2D eigenvalue weighted by atomic mass is 9.95. The Morgan fingerprint density at radius 2 is 2.03 bits per heavy atom. The van der Waals surface area contributed by atoms with Gasteiger partial charge in [0, 0.05) is 18.1 Å². The van der Waals surface area contributed by atoms with Crippen molar-refractivity contribution in [3.63, 3.8) is 0 Å². The van der Waals surface area contributed by atoms with Gasteiger partial charge in [0.25, 0.3) is 0 Å². The molecule has 1 N–H and O–H groups in total. The topological polar surface area (TPSA) is 94.7 Å². The first-order chi connectivity index (χ1) is 16.0. The van der Waals surface area contributed by atoms with E-state index in [-0.39, 0.29) is 12.5 Å². The Kier molecular flexibility index (Phi) is 6.94. The fourth-order valence-electron chi connectivity index (χ4n) is 3.94. The number of hydrogen-bond donors (Lipinski definition) is 1. The third-order valence-electron chi connectivity index (χ3n) is 5.60. The molecular weight excluding hydrogens is 420 g/mol. The number of carbonyl (C=O) groups is 1. The van der Waals surface area contributed by atoms with Crippen molar-refractivity contribution in [2.75, 3.05) is 7.11 Å². The molecule has 7 nitrogen and oxygen atoms in total. The van der Waals surface area contributed by atoms with E-state index in [1.165, 1.54) is 0 Å². The Balaban J connectivity index is 1.62. The molecule has 7 heteroatoms. The lowest BCUT2D eigenvalue weighted by Crippen LogP contribution is -2.12. The Hall–Kier alpha value is -3.79. The third kappa shape index (κ3) is 5.72. The molecule has 0 saturated heterocycles. The molecule has 1 fully saturated rings. The van der Waals surface area contributed by atoms with Gasteiger partial charge < -0.3 is 19.1 Å². The van der Waals surface area contributed by atoms with Crippen molar-refractivity contribution in [3.05, 3.63) is 59.5 Å². The van der Waals surface area contributed by atoms with E-state index in [1.54, 1.807) is 14.0 Å². The molecule has 1 heterocycles. The zero-order valence-corrected chi connectivity index (χ0v) is 18.7. The van der Waals surface area contributed by atoms with E-state index in [4.69, 9.17) is 14.0 Å². The van der Waals surface area contributed by atoms with E-state index in [2.05, 4.69) is 22.0 Å². The van der Waals surface area contributed by atoms with Crippen molar-refractivity contribution in [2.45, 2.75) is 51.0 Å². The molecule has 4 rings (SSSR count). The summed E-state index contributed by atoms with van der Waals surface area (Å²) in [5, 5.41) is 13.4. The summed E-state index contributed by atoms with van der Waals surface area (Å²) in [5.41, 5.74) is 2.30. The maximum Gasteiger partial charge on any atom is 0.304 e. The minimum Gasteiger partial charge on any atom is -0.493 e. The summed E-state index contributed by atoms with van der Waals surface area (Å²) in [7, 11) is 1.60. The Labute approximate surface area is 192 Å². The fourth-order valence-corrected chi connectivity index (χ4v) is 3.94. The van der Waals surface area contributed by atoms with Gasteiger partial charge in [0.05, 0.1) is 25.6 Å². The highest BCUT2D eigenvalue weighted by atomic mass is 16.5. The minimum absolute atomic E-state index is 0.119. The van der Waals surface area contributed by atoms with Gasteiger partial charge in [-0.1, -0.05) is 35.2 Å². The van der Waals surface area contributed by atoms with Crippen LogP contribution < -0.4 is 9.47 Å². The first-order valence-corrected chi connectivity index (χ1v) is 11.0. The van der Waals surface area contributed by atoms with Crippen LogP contribution in [-0.4, -0.2) is 34.4 Å². The predicted octanol–water partition coefficient (Wildman–Crippen LogP) is 4.99. The van der Waals surface area contributed by atoms with Crippen LogP contribution >= 0.6 is 0 Å². The molecule has 0 bridgehead atoms. The first-order valence-electron chi connectivity index (χ1n) is 11.0. The normalized spacial score (nSPS) is 14.4. The van der Waals surface area contributed by atoms with Crippen molar-refractivity contribution in [1.82, 2.24) is 10.1 Å². The van der Waals surface area contributed by atoms with Crippen LogP contribution in [0.15, 0.2) is 47.0 Å². The third-order valence-corrected chi connectivity index (χ3v) is 5.60. The van der Waals surface area contributed by atoms with Gasteiger partial charge in [0.15, 0.2) is 11.5 Å². The van der Waals surface area contributed by atoms with E-state index < -0.39 is 11.9 Å². The molecule has 1 aliphatic carbocycles. The molecule has 0 radical (unpaired) electrons. The standard InChI is InChI=1S/C26H26N2O5/c1-17-27-26(28-33-17)21-7-5-6-18(14-21)10-11-20(16-25(29)30)19-12-13-23(31-2)24(15-19)32-22-8-3-4-9-22/h5-7,12-15,20,22H,3-4,8-9,16H2,1-2H3,(H,29,30)/t20-/m0/s1. The molecule has 2 aromatic carbocycles. The molecule has 0 amide bonds. The molecule has 3 aromatic rings. The first kappa shape index (κ1) is 22.4. The Bertz CT molecular complexity index is 1180. The molecule has 0 aliphatic heterocycles. The largest absolute Gasteiger partial charge is 0.493 e. The van der Waals surface area contributed by atoms with Gasteiger partial charge in [0.2, 0.25) is 11.7 Å². The average Bonchev–Trinajstić information content (AvgIpc) is 3.48. The van der Waals surface area contributed by atoms with Crippen LogP contribution in [0.4, 0.5) is 0 Å². The number of aryl methyl sites for hydroxylation is 1. The summed E-state index contributed by atoms with van der Waals surface area (Å²) >= 11 is 0. The highest BCUT2D eigenvalue weighted by molar-refractivity contribution is 5.69. The number of rotatable bonds is 7. The van der Waals surface area contributed by atoms with E-state index in [1.807, 2.05) is 42.5 Å². The van der Waals surface area contributed by atoms with E-state index in [9.17, 15) is 9.90 Å². The van der Waals surface area contributed by atoms with Crippen molar-refractivity contribution in [1.29, 1.82) is 0 Å². The van der Waals surface area contributed by atoms with Crippen LogP contribution in [0.1, 0.15) is 55.0 Å². The van der Waals surface area contributed by atoms with Crippen LogP contribution in [0.2, 0.25) is 0 Å². The molecule has 1 saturated carbocycles. The number of aliphatic carboxylic acids is 1. The molecule has 33 heavy (non-hydrogen) atoms. The van der Waals surface area contributed by atoms with E-state index >= 15 is 0 Å². The zero-order valence-electron chi connectivity index (χ0n) is 18.7. The van der Waals surface area contributed by atoms with Crippen molar-refractivity contribution in [2.24, 2.45) is 0 Å². The fraction of sp³-hybridized carbons (Fsp3) is 0.346. The number of aromatic nitrogens is 2. The number of nitrogens with zero attached hydrogens (tertiary/aromatic N) is 2. The van der Waals surface area contributed by atoms with Gasteiger partial charge >= 0.3 is 5.97 Å². The smallest absolute Gasteiger partial charge is 0.304 e. The second-order valence-corrected chi connectivity index (χ2v) is 8.07. The van der Waals surface area contributed by atoms with Gasteiger partial charge in [-0.3, -0.25) is 4.79 Å². The van der Waals surface area contributed by atoms with Gasteiger partial charge in [-0.15, -0.1) is 0 Å². The zero-order chi connectivity index (χ0) is 23.2. The van der Waals surface area contributed by atoms with Crippen LogP contribution in [0.25, 0.3) is 11.4 Å². The molecule has 170 valence electrons. The second-order valence-electron chi connectivity index (χ2n) is 8.07. The number of carboxylic acid groups (broad SMARTS) is 1. The molecule has 1 aromatic heterocycles. The lowest BCUT2D eigenvalue weighted by Gasteiger charge is -2.18. The lowest BCUT2D eigenvalue weighted by molar-refractivity contribution is -0.137.